The van der Waals surface area contributed by atoms with Crippen LogP contribution in [0.15, 0.2) is 24.5 Å². The Morgan fingerprint density at radius 2 is 1.91 bits per heavy atom. The summed E-state index contributed by atoms with van der Waals surface area (Å²) in [5.41, 5.74) is 2.60. The minimum atomic E-state index is 0.525. The summed E-state index contributed by atoms with van der Waals surface area (Å²) >= 11 is 0. The fraction of sp³-hybridized carbons (Fsp3) is 0.529. The summed E-state index contributed by atoms with van der Waals surface area (Å²) in [5, 5.41) is 8.86. The fourth-order valence-corrected chi connectivity index (χ4v) is 3.32. The molecule has 2 aliphatic rings. The maximum absolute atomic E-state index is 4.43. The lowest BCUT2D eigenvalue weighted by Gasteiger charge is -2.44. The van der Waals surface area contributed by atoms with Gasteiger partial charge in [-0.2, -0.15) is 5.10 Å². The number of likely N-dealkylation sites (N-methyl/N-ethyl adjacent to an activating group) is 1. The second kappa shape index (κ2) is 6.20. The summed E-state index contributed by atoms with van der Waals surface area (Å²) in [5.74, 6) is 1.91. The molecule has 0 N–H and O–H groups in total. The molecule has 2 aromatic rings. The second-order valence-corrected chi connectivity index (χ2v) is 6.52. The van der Waals surface area contributed by atoms with Crippen LogP contribution in [0, 0.1) is 0 Å². The van der Waals surface area contributed by atoms with E-state index in [0.29, 0.717) is 6.04 Å². The fourth-order valence-electron chi connectivity index (χ4n) is 3.32. The monoisotopic (exact) mass is 310 g/mol. The van der Waals surface area contributed by atoms with Crippen LogP contribution in [0.2, 0.25) is 0 Å². The van der Waals surface area contributed by atoms with Crippen molar-refractivity contribution in [2.24, 2.45) is 0 Å². The first kappa shape index (κ1) is 14.5. The molecular formula is C17H22N6. The minimum absolute atomic E-state index is 0.525. The Kier molecular flexibility index (Phi) is 3.91. The maximum atomic E-state index is 4.43. The number of nitrogens with zero attached hydrogens (tertiary/aromatic N) is 6. The van der Waals surface area contributed by atoms with Crippen LogP contribution in [0.25, 0.3) is 0 Å². The number of aryl methyl sites for hydroxylation is 2. The molecule has 6 heteroatoms. The first-order valence-corrected chi connectivity index (χ1v) is 8.36. The molecule has 0 aromatic carbocycles. The molecular weight excluding hydrogens is 288 g/mol. The lowest BCUT2D eigenvalue weighted by atomic mass is 9.96. The molecule has 4 rings (SSSR count). The van der Waals surface area contributed by atoms with Gasteiger partial charge in [0.15, 0.2) is 5.82 Å². The van der Waals surface area contributed by atoms with E-state index in [0.717, 1.165) is 44.1 Å². The SMILES string of the molecule is CN(Cc1ncccn1)C1CN(c2cc3c(nn2)CCCC3)C1. The van der Waals surface area contributed by atoms with Gasteiger partial charge in [-0.05, 0) is 50.4 Å². The van der Waals surface area contributed by atoms with Gasteiger partial charge < -0.3 is 4.90 Å². The van der Waals surface area contributed by atoms with Gasteiger partial charge in [-0.25, -0.2) is 9.97 Å². The van der Waals surface area contributed by atoms with Crippen molar-refractivity contribution in [2.75, 3.05) is 25.0 Å². The van der Waals surface area contributed by atoms with E-state index in [2.05, 4.69) is 43.1 Å². The second-order valence-electron chi connectivity index (χ2n) is 6.52. The Labute approximate surface area is 136 Å². The molecule has 0 radical (unpaired) electrons. The van der Waals surface area contributed by atoms with Crippen molar-refractivity contribution in [3.8, 4) is 0 Å². The molecule has 1 saturated heterocycles. The van der Waals surface area contributed by atoms with Gasteiger partial charge in [0.25, 0.3) is 0 Å². The Balaban J connectivity index is 1.36. The van der Waals surface area contributed by atoms with Gasteiger partial charge in [-0.1, -0.05) is 0 Å². The van der Waals surface area contributed by atoms with Gasteiger partial charge in [0.2, 0.25) is 0 Å². The highest BCUT2D eigenvalue weighted by molar-refractivity contribution is 5.45. The maximum Gasteiger partial charge on any atom is 0.151 e. The molecule has 23 heavy (non-hydrogen) atoms. The summed E-state index contributed by atoms with van der Waals surface area (Å²) < 4.78 is 0. The van der Waals surface area contributed by atoms with Gasteiger partial charge in [0.1, 0.15) is 5.82 Å². The van der Waals surface area contributed by atoms with Crippen molar-refractivity contribution >= 4 is 5.82 Å². The smallest absolute Gasteiger partial charge is 0.151 e. The standard InChI is InChI=1S/C17H22N6/c1-22(12-16-18-7-4-8-19-16)14-10-23(11-14)17-9-13-5-2-3-6-15(13)20-21-17/h4,7-9,14H,2-3,5-6,10-12H2,1H3. The number of hydrogen-bond donors (Lipinski definition) is 0. The summed E-state index contributed by atoms with van der Waals surface area (Å²) in [7, 11) is 2.14. The molecule has 3 heterocycles. The van der Waals surface area contributed by atoms with Gasteiger partial charge in [-0.3, -0.25) is 4.90 Å². The third-order valence-corrected chi connectivity index (χ3v) is 4.88. The van der Waals surface area contributed by atoms with E-state index in [1.165, 1.54) is 24.1 Å². The van der Waals surface area contributed by atoms with Crippen LogP contribution in [0.3, 0.4) is 0 Å². The highest BCUT2D eigenvalue weighted by atomic mass is 15.4. The van der Waals surface area contributed by atoms with Gasteiger partial charge in [0, 0.05) is 31.5 Å². The average Bonchev–Trinajstić information content (AvgIpc) is 2.54. The van der Waals surface area contributed by atoms with Crippen molar-refractivity contribution in [1.82, 2.24) is 25.1 Å². The number of anilines is 1. The first-order valence-electron chi connectivity index (χ1n) is 8.36. The van der Waals surface area contributed by atoms with Crippen LogP contribution in [-0.2, 0) is 19.4 Å². The Bertz CT molecular complexity index is 668. The van der Waals surface area contributed by atoms with E-state index in [9.17, 15) is 0 Å². The van der Waals surface area contributed by atoms with Gasteiger partial charge >= 0.3 is 0 Å². The minimum Gasteiger partial charge on any atom is -0.352 e. The molecule has 2 aromatic heterocycles. The summed E-state index contributed by atoms with van der Waals surface area (Å²) in [6, 6.07) is 4.62. The summed E-state index contributed by atoms with van der Waals surface area (Å²) in [6.07, 6.45) is 8.36. The van der Waals surface area contributed by atoms with E-state index in [1.54, 1.807) is 12.4 Å². The Morgan fingerprint density at radius 3 is 2.74 bits per heavy atom. The normalized spacial score (nSPS) is 17.9. The molecule has 0 amide bonds. The van der Waals surface area contributed by atoms with Crippen LogP contribution in [-0.4, -0.2) is 51.2 Å². The van der Waals surface area contributed by atoms with Crippen LogP contribution >= 0.6 is 0 Å². The molecule has 0 spiro atoms. The van der Waals surface area contributed by atoms with Crippen molar-refractivity contribution in [3.63, 3.8) is 0 Å². The molecule has 1 aliphatic carbocycles. The van der Waals surface area contributed by atoms with Gasteiger partial charge in [0.05, 0.1) is 12.2 Å². The third-order valence-electron chi connectivity index (χ3n) is 4.88. The predicted octanol–water partition coefficient (Wildman–Crippen LogP) is 1.47. The van der Waals surface area contributed by atoms with E-state index in [4.69, 9.17) is 0 Å². The molecule has 120 valence electrons. The zero-order valence-electron chi connectivity index (χ0n) is 13.5. The van der Waals surface area contributed by atoms with Crippen molar-refractivity contribution < 1.29 is 0 Å². The molecule has 1 aliphatic heterocycles. The zero-order valence-corrected chi connectivity index (χ0v) is 13.5. The van der Waals surface area contributed by atoms with Gasteiger partial charge in [-0.15, -0.1) is 5.10 Å². The lowest BCUT2D eigenvalue weighted by Crippen LogP contribution is -2.58. The molecule has 6 nitrogen and oxygen atoms in total. The Hall–Kier alpha value is -2.08. The summed E-state index contributed by atoms with van der Waals surface area (Å²) in [4.78, 5) is 13.2. The third kappa shape index (κ3) is 3.03. The van der Waals surface area contributed by atoms with Crippen LogP contribution < -0.4 is 4.90 Å². The molecule has 0 saturated carbocycles. The average molecular weight is 310 g/mol. The molecule has 0 unspecified atom stereocenters. The van der Waals surface area contributed by atoms with E-state index >= 15 is 0 Å². The number of rotatable bonds is 4. The number of fused-ring (bicyclic) bond motifs is 1. The van der Waals surface area contributed by atoms with E-state index in [-0.39, 0.29) is 0 Å². The van der Waals surface area contributed by atoms with Crippen molar-refractivity contribution in [2.45, 2.75) is 38.3 Å². The first-order chi connectivity index (χ1) is 11.3. The predicted molar refractivity (Wildman–Crippen MR) is 88.2 cm³/mol. The van der Waals surface area contributed by atoms with E-state index in [1.807, 2.05) is 6.07 Å². The number of aromatic nitrogens is 4. The largest absolute Gasteiger partial charge is 0.352 e. The number of hydrogen-bond acceptors (Lipinski definition) is 6. The van der Waals surface area contributed by atoms with Crippen LogP contribution in [0.4, 0.5) is 5.82 Å². The molecule has 0 atom stereocenters. The highest BCUT2D eigenvalue weighted by Gasteiger charge is 2.31. The topological polar surface area (TPSA) is 58.0 Å². The van der Waals surface area contributed by atoms with Crippen molar-refractivity contribution in [1.29, 1.82) is 0 Å². The summed E-state index contributed by atoms with van der Waals surface area (Å²) in [6.45, 7) is 2.78. The molecule has 1 fully saturated rings. The van der Waals surface area contributed by atoms with Crippen LogP contribution in [0.1, 0.15) is 29.9 Å². The Morgan fingerprint density at radius 1 is 1.13 bits per heavy atom. The quantitative estimate of drug-likeness (QED) is 0.852. The zero-order chi connectivity index (χ0) is 15.6. The van der Waals surface area contributed by atoms with Crippen molar-refractivity contribution in [3.05, 3.63) is 41.6 Å². The lowest BCUT2D eigenvalue weighted by molar-refractivity contribution is 0.192. The molecule has 0 bridgehead atoms. The highest BCUT2D eigenvalue weighted by Crippen LogP contribution is 2.26. The van der Waals surface area contributed by atoms with E-state index < -0.39 is 0 Å². The van der Waals surface area contributed by atoms with Crippen LogP contribution in [0.5, 0.6) is 0 Å².